The predicted octanol–water partition coefficient (Wildman–Crippen LogP) is 5.96. The number of unbranched alkanes of at least 4 members (excludes halogenated alkanes) is 1. The zero-order valence-electron chi connectivity index (χ0n) is 24.5. The topological polar surface area (TPSA) is 98.6 Å². The van der Waals surface area contributed by atoms with Crippen LogP contribution in [0.4, 0.5) is 0 Å². The van der Waals surface area contributed by atoms with Gasteiger partial charge in [-0.05, 0) is 56.3 Å². The fourth-order valence-electron chi connectivity index (χ4n) is 7.79. The van der Waals surface area contributed by atoms with Crippen molar-refractivity contribution in [2.24, 2.45) is 34.0 Å². The van der Waals surface area contributed by atoms with E-state index < -0.39 is 23.0 Å². The Morgan fingerprint density at radius 3 is 2.72 bits per heavy atom. The number of hydrogen-bond acceptors (Lipinski definition) is 8. The van der Waals surface area contributed by atoms with Crippen molar-refractivity contribution < 1.29 is 24.2 Å². The maximum Gasteiger partial charge on any atom is 0.316 e. The molecule has 3 saturated carbocycles. The van der Waals surface area contributed by atoms with Gasteiger partial charge in [0.2, 0.25) is 5.88 Å². The largest absolute Gasteiger partial charge is 0.478 e. The van der Waals surface area contributed by atoms with Gasteiger partial charge in [-0.25, -0.2) is 4.98 Å². The van der Waals surface area contributed by atoms with Crippen molar-refractivity contribution in [2.45, 2.75) is 104 Å². The van der Waals surface area contributed by atoms with Crippen molar-refractivity contribution >= 4 is 23.5 Å². The van der Waals surface area contributed by atoms with Crippen LogP contribution in [0.15, 0.2) is 23.9 Å². The van der Waals surface area contributed by atoms with Crippen molar-refractivity contribution in [3.8, 4) is 5.88 Å². The van der Waals surface area contributed by atoms with E-state index in [0.29, 0.717) is 30.5 Å². The Bertz CT molecular complexity index is 1100. The van der Waals surface area contributed by atoms with Crippen LogP contribution in [0, 0.1) is 40.9 Å². The third kappa shape index (κ3) is 5.40. The predicted molar refractivity (Wildman–Crippen MR) is 153 cm³/mol. The third-order valence-electron chi connectivity index (χ3n) is 10.5. The Kier molecular flexibility index (Phi) is 8.87. The van der Waals surface area contributed by atoms with Crippen molar-refractivity contribution in [2.75, 3.05) is 12.4 Å². The molecule has 8 heteroatoms. The zero-order valence-corrected chi connectivity index (χ0v) is 25.3. The number of esters is 1. The highest BCUT2D eigenvalue weighted by Gasteiger charge is 2.68. The number of aryl methyl sites for hydroxylation is 1. The third-order valence-corrected chi connectivity index (χ3v) is 11.3. The van der Waals surface area contributed by atoms with E-state index >= 15 is 0 Å². The van der Waals surface area contributed by atoms with Crippen LogP contribution in [0.3, 0.4) is 0 Å². The monoisotopic (exact) mass is 558 g/mol. The normalized spacial score (nSPS) is 37.9. The number of ether oxygens (including phenoxy) is 2. The van der Waals surface area contributed by atoms with Gasteiger partial charge in [0.15, 0.2) is 5.16 Å². The second-order valence-corrected chi connectivity index (χ2v) is 13.6. The summed E-state index contributed by atoms with van der Waals surface area (Å²) in [6.45, 7) is 17.1. The van der Waals surface area contributed by atoms with Gasteiger partial charge in [-0.2, -0.15) is 4.98 Å². The van der Waals surface area contributed by atoms with E-state index in [9.17, 15) is 14.7 Å². The first-order valence-electron chi connectivity index (χ1n) is 14.6. The molecule has 3 aliphatic rings. The molecule has 7 nitrogen and oxygen atoms in total. The second-order valence-electron chi connectivity index (χ2n) is 12.7. The lowest BCUT2D eigenvalue weighted by Gasteiger charge is -2.61. The van der Waals surface area contributed by atoms with Crippen molar-refractivity contribution in [1.82, 2.24) is 9.97 Å². The minimum absolute atomic E-state index is 0.0479. The molecule has 0 amide bonds. The van der Waals surface area contributed by atoms with Crippen molar-refractivity contribution in [3.63, 3.8) is 0 Å². The van der Waals surface area contributed by atoms with E-state index in [-0.39, 0.29) is 40.7 Å². The number of nitrogens with zero attached hydrogens (tertiary/aromatic N) is 2. The summed E-state index contributed by atoms with van der Waals surface area (Å²) < 4.78 is 12.1. The number of thioether (sulfide) groups is 1. The van der Waals surface area contributed by atoms with Gasteiger partial charge in [-0.1, -0.05) is 58.9 Å². The molecule has 0 radical (unpaired) electrons. The van der Waals surface area contributed by atoms with Crippen LogP contribution < -0.4 is 4.74 Å². The lowest BCUT2D eigenvalue weighted by molar-refractivity contribution is -0.205. The number of Topliss-reactive ketones (excluding diaryl/α,β-unsaturated/α-hetero) is 1. The Labute approximate surface area is 237 Å². The molecule has 2 bridgehead atoms. The SMILES string of the molecule is C=C[C@]1(C)C[C@@H](OC(=O)CSc2nc(C)cc(OCCCC)n2)[C@@]2(C)[C@H](C)CC[C@]3(CCC(=O)[C@H]32)[C@@H](C)[C@@H]1O. The maximum absolute atomic E-state index is 13.5. The van der Waals surface area contributed by atoms with Crippen LogP contribution in [0.2, 0.25) is 0 Å². The van der Waals surface area contributed by atoms with E-state index in [1.54, 1.807) is 6.07 Å². The van der Waals surface area contributed by atoms with Crippen LogP contribution in [0.1, 0.15) is 85.3 Å². The van der Waals surface area contributed by atoms with Gasteiger partial charge in [0.25, 0.3) is 0 Å². The molecular formula is C31H46N2O5S. The minimum atomic E-state index is -0.677. The summed E-state index contributed by atoms with van der Waals surface area (Å²) in [5.41, 5.74) is -0.683. The van der Waals surface area contributed by atoms with E-state index in [4.69, 9.17) is 9.47 Å². The smallest absolute Gasteiger partial charge is 0.316 e. The maximum atomic E-state index is 13.5. The molecule has 39 heavy (non-hydrogen) atoms. The van der Waals surface area contributed by atoms with Crippen LogP contribution in [0.5, 0.6) is 5.88 Å². The van der Waals surface area contributed by atoms with Gasteiger partial charge < -0.3 is 14.6 Å². The van der Waals surface area contributed by atoms with Gasteiger partial charge in [0, 0.05) is 34.9 Å². The standard InChI is InChI=1S/C31H46N2O5S/c1-8-10-15-37-24-16-20(4)32-28(33-24)39-18-25(35)38-23-17-29(6,9-2)27(36)21(5)31-13-11-19(3)30(23,7)26(31)22(34)12-14-31/h9,16,19,21,23,26-27,36H,2,8,10-15,17-18H2,1,3-7H3/t19-,21+,23-,26+,27+,29-,30-,31+/m1/s1. The van der Waals surface area contributed by atoms with Crippen molar-refractivity contribution in [1.29, 1.82) is 0 Å². The van der Waals surface area contributed by atoms with E-state index in [1.807, 2.05) is 19.9 Å². The van der Waals surface area contributed by atoms with Crippen LogP contribution in [-0.2, 0) is 14.3 Å². The summed E-state index contributed by atoms with van der Waals surface area (Å²) in [6.07, 6.45) is 6.19. The second kappa shape index (κ2) is 11.5. The number of hydrogen-bond donors (Lipinski definition) is 1. The molecule has 0 aliphatic heterocycles. The molecule has 0 saturated heterocycles. The van der Waals surface area contributed by atoms with Gasteiger partial charge in [0.1, 0.15) is 11.9 Å². The number of aliphatic hydroxyl groups is 1. The fraction of sp³-hybridized carbons (Fsp3) is 0.742. The Morgan fingerprint density at radius 1 is 1.28 bits per heavy atom. The number of carbonyl (C=O) groups is 2. The summed E-state index contributed by atoms with van der Waals surface area (Å²) in [5, 5.41) is 12.1. The highest BCUT2D eigenvalue weighted by Crippen LogP contribution is 2.68. The highest BCUT2D eigenvalue weighted by atomic mass is 32.2. The first kappa shape index (κ1) is 30.0. The number of ketones is 1. The minimum Gasteiger partial charge on any atom is -0.478 e. The number of rotatable bonds is 9. The van der Waals surface area contributed by atoms with Crippen LogP contribution >= 0.6 is 11.8 Å². The average molecular weight is 559 g/mol. The number of aromatic nitrogens is 2. The van der Waals surface area contributed by atoms with Crippen LogP contribution in [0.25, 0.3) is 0 Å². The number of aliphatic hydroxyl groups excluding tert-OH is 1. The summed E-state index contributed by atoms with van der Waals surface area (Å²) in [4.78, 5) is 35.9. The lowest BCUT2D eigenvalue weighted by atomic mass is 9.44. The summed E-state index contributed by atoms with van der Waals surface area (Å²) in [7, 11) is 0. The highest BCUT2D eigenvalue weighted by molar-refractivity contribution is 7.99. The lowest BCUT2D eigenvalue weighted by Crippen LogP contribution is -2.63. The molecule has 4 rings (SSSR count). The summed E-state index contributed by atoms with van der Waals surface area (Å²) >= 11 is 1.23. The Balaban J connectivity index is 1.59. The summed E-state index contributed by atoms with van der Waals surface area (Å²) in [6, 6.07) is 1.80. The molecule has 3 fully saturated rings. The fourth-order valence-corrected chi connectivity index (χ4v) is 8.47. The first-order valence-corrected chi connectivity index (χ1v) is 15.5. The molecule has 0 aromatic carbocycles. The quantitative estimate of drug-likeness (QED) is 0.130. The molecule has 0 spiro atoms. The Morgan fingerprint density at radius 2 is 2.03 bits per heavy atom. The molecule has 3 aliphatic carbocycles. The van der Waals surface area contributed by atoms with Gasteiger partial charge in [-0.3, -0.25) is 9.59 Å². The summed E-state index contributed by atoms with van der Waals surface area (Å²) in [5.74, 6) is 0.354. The van der Waals surface area contributed by atoms with Gasteiger partial charge >= 0.3 is 5.97 Å². The van der Waals surface area contributed by atoms with E-state index in [2.05, 4.69) is 44.2 Å². The van der Waals surface area contributed by atoms with Crippen molar-refractivity contribution in [3.05, 3.63) is 24.4 Å². The molecule has 216 valence electrons. The zero-order chi connectivity index (χ0) is 28.6. The number of carbonyl (C=O) groups excluding carboxylic acids is 2. The first-order chi connectivity index (χ1) is 18.4. The van der Waals surface area contributed by atoms with E-state index in [1.165, 1.54) is 11.8 Å². The van der Waals surface area contributed by atoms with E-state index in [0.717, 1.165) is 37.8 Å². The van der Waals surface area contributed by atoms with Crippen LogP contribution in [-0.4, -0.2) is 51.4 Å². The van der Waals surface area contributed by atoms with Gasteiger partial charge in [-0.15, -0.1) is 6.58 Å². The Hall–Kier alpha value is -1.93. The molecule has 0 unspecified atom stereocenters. The van der Waals surface area contributed by atoms with Gasteiger partial charge in [0.05, 0.1) is 18.5 Å². The molecular weight excluding hydrogens is 512 g/mol. The average Bonchev–Trinajstić information content (AvgIpc) is 3.26. The molecule has 8 atom stereocenters. The molecule has 1 aromatic heterocycles. The molecule has 1 aromatic rings. The molecule has 1 heterocycles. The molecule has 1 N–H and O–H groups in total.